The number of hydrogen-bond donors (Lipinski definition) is 0. The highest BCUT2D eigenvalue weighted by atomic mass is 79.9. The van der Waals surface area contributed by atoms with Crippen molar-refractivity contribution in [1.29, 1.82) is 0 Å². The summed E-state index contributed by atoms with van der Waals surface area (Å²) >= 11 is 3.52. The molecule has 0 unspecified atom stereocenters. The average molecular weight is 355 g/mol. The van der Waals surface area contributed by atoms with E-state index < -0.39 is 0 Å². The molecular formula is C19H17BrNO+. The van der Waals surface area contributed by atoms with Gasteiger partial charge in [0.05, 0.1) is 11.6 Å². The summed E-state index contributed by atoms with van der Waals surface area (Å²) in [4.78, 5) is 0. The molecule has 2 aromatic carbocycles. The molecule has 2 nitrogen and oxygen atoms in total. The molecule has 3 aromatic rings. The zero-order chi connectivity index (χ0) is 15.5. The Kier molecular flexibility index (Phi) is 4.25. The highest BCUT2D eigenvalue weighted by Crippen LogP contribution is 2.26. The molecule has 0 amide bonds. The predicted octanol–water partition coefficient (Wildman–Crippen LogP) is 4.61. The normalized spacial score (nSPS) is 11.2. The maximum absolute atomic E-state index is 5.25. The number of halogens is 1. The molecule has 0 aliphatic rings. The second-order valence-electron chi connectivity index (χ2n) is 5.10. The van der Waals surface area contributed by atoms with Gasteiger partial charge in [0, 0.05) is 23.6 Å². The third-order valence-electron chi connectivity index (χ3n) is 3.74. The highest BCUT2D eigenvalue weighted by molar-refractivity contribution is 9.10. The van der Waals surface area contributed by atoms with Gasteiger partial charge in [-0.25, -0.2) is 0 Å². The molecule has 0 aliphatic carbocycles. The van der Waals surface area contributed by atoms with Crippen LogP contribution in [0.15, 0.2) is 59.1 Å². The molecule has 110 valence electrons. The minimum atomic E-state index is 0.841. The molecule has 1 aromatic heterocycles. The molecular weight excluding hydrogens is 338 g/mol. The van der Waals surface area contributed by atoms with E-state index in [9.17, 15) is 0 Å². The molecule has 0 N–H and O–H groups in total. The summed E-state index contributed by atoms with van der Waals surface area (Å²) in [6.45, 7) is 0. The smallest absolute Gasteiger partial charge is 0.212 e. The van der Waals surface area contributed by atoms with Gasteiger partial charge in [-0.2, -0.15) is 4.57 Å². The van der Waals surface area contributed by atoms with Crippen LogP contribution in [-0.4, -0.2) is 7.11 Å². The topological polar surface area (TPSA) is 13.1 Å². The maximum Gasteiger partial charge on any atom is 0.212 e. The number of benzene rings is 2. The van der Waals surface area contributed by atoms with Gasteiger partial charge in [-0.05, 0) is 51.8 Å². The van der Waals surface area contributed by atoms with Crippen molar-refractivity contribution in [1.82, 2.24) is 0 Å². The Balaban J connectivity index is 1.95. The number of nitrogens with zero attached hydrogens (tertiary/aromatic N) is 1. The van der Waals surface area contributed by atoms with Gasteiger partial charge in [-0.3, -0.25) is 0 Å². The number of aromatic nitrogens is 1. The minimum Gasteiger partial charge on any atom is -0.496 e. The Labute approximate surface area is 138 Å². The predicted molar refractivity (Wildman–Crippen MR) is 94.7 cm³/mol. The van der Waals surface area contributed by atoms with Gasteiger partial charge in [0.15, 0.2) is 0 Å². The molecule has 0 bridgehead atoms. The van der Waals surface area contributed by atoms with E-state index in [1.807, 2.05) is 12.1 Å². The fourth-order valence-corrected chi connectivity index (χ4v) is 3.05. The van der Waals surface area contributed by atoms with Gasteiger partial charge in [0.1, 0.15) is 12.8 Å². The molecule has 0 fully saturated rings. The number of ether oxygens (including phenoxy) is 1. The molecule has 3 heteroatoms. The third-order valence-corrected chi connectivity index (χ3v) is 4.36. The van der Waals surface area contributed by atoms with Crippen molar-refractivity contribution in [3.05, 3.63) is 70.3 Å². The summed E-state index contributed by atoms with van der Waals surface area (Å²) in [5.74, 6) is 0.841. The first kappa shape index (κ1) is 14.8. The fraction of sp³-hybridized carbons (Fsp3) is 0.105. The van der Waals surface area contributed by atoms with Crippen molar-refractivity contribution in [3.63, 3.8) is 0 Å². The van der Waals surface area contributed by atoms with E-state index in [1.165, 1.54) is 10.9 Å². The van der Waals surface area contributed by atoms with Gasteiger partial charge in [-0.1, -0.05) is 18.2 Å². The van der Waals surface area contributed by atoms with Crippen LogP contribution in [0.2, 0.25) is 0 Å². The van der Waals surface area contributed by atoms with Crippen LogP contribution in [0.4, 0.5) is 0 Å². The van der Waals surface area contributed by atoms with Crippen molar-refractivity contribution >= 4 is 39.0 Å². The lowest BCUT2D eigenvalue weighted by atomic mass is 10.1. The largest absolute Gasteiger partial charge is 0.496 e. The van der Waals surface area contributed by atoms with Crippen molar-refractivity contribution in [2.24, 2.45) is 7.05 Å². The molecule has 3 rings (SSSR count). The number of fused-ring (bicyclic) bond motifs is 1. The van der Waals surface area contributed by atoms with Crippen LogP contribution < -0.4 is 9.30 Å². The van der Waals surface area contributed by atoms with E-state index in [0.717, 1.165) is 21.5 Å². The van der Waals surface area contributed by atoms with Crippen molar-refractivity contribution in [3.8, 4) is 5.75 Å². The van der Waals surface area contributed by atoms with Gasteiger partial charge in [0.2, 0.25) is 11.2 Å². The average Bonchev–Trinajstić information content (AvgIpc) is 2.55. The van der Waals surface area contributed by atoms with Crippen molar-refractivity contribution < 1.29 is 9.30 Å². The van der Waals surface area contributed by atoms with E-state index in [1.54, 1.807) is 7.11 Å². The van der Waals surface area contributed by atoms with Crippen LogP contribution in [0.3, 0.4) is 0 Å². The fourth-order valence-electron chi connectivity index (χ4n) is 2.50. The van der Waals surface area contributed by atoms with Gasteiger partial charge in [-0.15, -0.1) is 0 Å². The van der Waals surface area contributed by atoms with Crippen LogP contribution in [0.25, 0.3) is 23.1 Å². The maximum atomic E-state index is 5.25. The Morgan fingerprint density at radius 3 is 2.59 bits per heavy atom. The summed E-state index contributed by atoms with van der Waals surface area (Å²) in [7, 11) is 3.76. The molecule has 22 heavy (non-hydrogen) atoms. The van der Waals surface area contributed by atoms with Gasteiger partial charge < -0.3 is 4.74 Å². The summed E-state index contributed by atoms with van der Waals surface area (Å²) in [5.41, 5.74) is 3.51. The molecule has 0 aliphatic heterocycles. The molecule has 1 heterocycles. The molecule has 0 atom stereocenters. The lowest BCUT2D eigenvalue weighted by Gasteiger charge is -2.03. The summed E-state index contributed by atoms with van der Waals surface area (Å²) in [6.07, 6.45) is 4.23. The Morgan fingerprint density at radius 2 is 1.82 bits per heavy atom. The Bertz CT molecular complexity index is 855. The summed E-state index contributed by atoms with van der Waals surface area (Å²) < 4.78 is 8.41. The zero-order valence-corrected chi connectivity index (χ0v) is 14.2. The molecule has 0 spiro atoms. The number of methoxy groups -OCH3 is 1. The van der Waals surface area contributed by atoms with Crippen LogP contribution in [0.5, 0.6) is 5.75 Å². The van der Waals surface area contributed by atoms with Gasteiger partial charge >= 0.3 is 0 Å². The van der Waals surface area contributed by atoms with E-state index in [4.69, 9.17) is 4.74 Å². The Morgan fingerprint density at radius 1 is 1.00 bits per heavy atom. The minimum absolute atomic E-state index is 0.841. The number of para-hydroxylation sites is 1. The standard InChI is InChI=1S/C19H17BrNO/c1-21-16(11-9-15-5-3-4-6-18(15)21)10-7-14-8-12-19(22-2)17(20)13-14/h3-13H,1-2H3/q+1/b10-7+. The number of aryl methyl sites for hydroxylation is 1. The van der Waals surface area contributed by atoms with Crippen LogP contribution in [-0.2, 0) is 7.05 Å². The van der Waals surface area contributed by atoms with Crippen LogP contribution in [0, 0.1) is 0 Å². The van der Waals surface area contributed by atoms with E-state index >= 15 is 0 Å². The SMILES string of the molecule is COc1ccc(/C=C/c2ccc3ccccc3[n+]2C)cc1Br. The van der Waals surface area contributed by atoms with E-state index in [0.29, 0.717) is 0 Å². The van der Waals surface area contributed by atoms with E-state index in [2.05, 4.69) is 82.2 Å². The second kappa shape index (κ2) is 6.32. The quantitative estimate of drug-likeness (QED) is 0.626. The molecule has 0 saturated heterocycles. The first-order chi connectivity index (χ1) is 10.7. The third kappa shape index (κ3) is 2.90. The van der Waals surface area contributed by atoms with Crippen molar-refractivity contribution in [2.75, 3.05) is 7.11 Å². The summed E-state index contributed by atoms with van der Waals surface area (Å²) in [5, 5.41) is 1.24. The number of rotatable bonds is 3. The van der Waals surface area contributed by atoms with Crippen LogP contribution in [0.1, 0.15) is 11.3 Å². The first-order valence-electron chi connectivity index (χ1n) is 7.08. The lowest BCUT2D eigenvalue weighted by Crippen LogP contribution is -2.32. The highest BCUT2D eigenvalue weighted by Gasteiger charge is 2.08. The first-order valence-corrected chi connectivity index (χ1v) is 7.88. The summed E-state index contributed by atoms with van der Waals surface area (Å²) in [6, 6.07) is 18.7. The number of hydrogen-bond acceptors (Lipinski definition) is 1. The van der Waals surface area contributed by atoms with Crippen molar-refractivity contribution in [2.45, 2.75) is 0 Å². The monoisotopic (exact) mass is 354 g/mol. The van der Waals surface area contributed by atoms with E-state index in [-0.39, 0.29) is 0 Å². The molecule has 0 saturated carbocycles. The van der Waals surface area contributed by atoms with Gasteiger partial charge in [0.25, 0.3) is 0 Å². The number of pyridine rings is 1. The lowest BCUT2D eigenvalue weighted by molar-refractivity contribution is -0.646. The zero-order valence-electron chi connectivity index (χ0n) is 12.6. The van der Waals surface area contributed by atoms with Crippen LogP contribution >= 0.6 is 15.9 Å². The Hall–Kier alpha value is -2.13. The second-order valence-corrected chi connectivity index (χ2v) is 5.96. The molecule has 0 radical (unpaired) electrons.